The summed E-state index contributed by atoms with van der Waals surface area (Å²) in [4.78, 5) is 38.4. The van der Waals surface area contributed by atoms with Crippen LogP contribution in [0.15, 0.2) is 84.6 Å². The quantitative estimate of drug-likeness (QED) is 0.0863. The van der Waals surface area contributed by atoms with Crippen molar-refractivity contribution in [1.82, 2.24) is 24.1 Å². The molecule has 0 atom stereocenters. The Bertz CT molecular complexity index is 3150. The number of unbranched alkanes of at least 4 members (excludes halogenated alkanes) is 2. The minimum Gasteiger partial charge on any atom is -0.493 e. The summed E-state index contributed by atoms with van der Waals surface area (Å²) in [6.07, 6.45) is 3.11. The van der Waals surface area contributed by atoms with Gasteiger partial charge in [-0.15, -0.1) is 20.5 Å². The Hall–Kier alpha value is -6.70. The Morgan fingerprint density at radius 2 is 0.970 bits per heavy atom. The molecule has 20 heteroatoms. The van der Waals surface area contributed by atoms with Crippen LogP contribution in [0.25, 0.3) is 30.6 Å². The Balaban J connectivity index is 0.000000199. The van der Waals surface area contributed by atoms with Crippen molar-refractivity contribution in [3.05, 3.63) is 114 Å². The van der Waals surface area contributed by atoms with E-state index in [2.05, 4.69) is 48.4 Å². The van der Waals surface area contributed by atoms with E-state index < -0.39 is 11.1 Å². The van der Waals surface area contributed by atoms with Crippen molar-refractivity contribution < 1.29 is 26.7 Å². The molecule has 0 aliphatic heterocycles. The van der Waals surface area contributed by atoms with Gasteiger partial charge in [-0.05, 0) is 101 Å². The molecule has 0 unspecified atom stereocenters. The average Bonchev–Trinajstić information content (AvgIpc) is 3.99. The summed E-state index contributed by atoms with van der Waals surface area (Å²) in [7, 11) is 0. The standard InChI is InChI=1S/2C19H19N5O2S.C8H8N2S.Ni/c2*1-4-5-8-24-17(25)13(10-20)12(3)16(18(24)26)22-23-19-21-14-7-6-11(2)9-15(14)27-19;1-5-2-3-6-7(4-5)11-8(9)10-6;/h2*6-7,9,25H,4-5,8H2,1-3H3;2-4H,1H3,(H2,9,10);/q;;;+2. The third-order valence-electron chi connectivity index (χ3n) is 10.1. The normalized spacial score (nSPS) is 11.0. The van der Waals surface area contributed by atoms with Gasteiger partial charge in [0.2, 0.25) is 22.0 Å². The number of azo groups is 2. The van der Waals surface area contributed by atoms with Crippen LogP contribution in [0.3, 0.4) is 0 Å². The Morgan fingerprint density at radius 1 is 0.606 bits per heavy atom. The maximum absolute atomic E-state index is 12.7. The van der Waals surface area contributed by atoms with Crippen LogP contribution in [0.2, 0.25) is 0 Å². The number of nitriles is 2. The first kappa shape index (κ1) is 50.3. The molecule has 66 heavy (non-hydrogen) atoms. The van der Waals surface area contributed by atoms with Crippen LogP contribution in [0.4, 0.5) is 26.8 Å². The van der Waals surface area contributed by atoms with E-state index in [0.29, 0.717) is 52.5 Å². The number of rotatable bonds is 10. The van der Waals surface area contributed by atoms with Crippen LogP contribution in [0, 0.1) is 57.3 Å². The number of nitrogens with zero attached hydrogens (tertiary/aromatic N) is 11. The largest absolute Gasteiger partial charge is 2.00 e. The van der Waals surface area contributed by atoms with Gasteiger partial charge in [-0.25, -0.2) is 15.0 Å². The second-order valence-corrected chi connectivity index (χ2v) is 18.1. The maximum atomic E-state index is 12.7. The van der Waals surface area contributed by atoms with Crippen molar-refractivity contribution in [3.63, 3.8) is 0 Å². The Kier molecular flexibility index (Phi) is 17.1. The van der Waals surface area contributed by atoms with Gasteiger partial charge in [0.25, 0.3) is 11.1 Å². The average molecular weight is 986 g/mol. The fourth-order valence-electron chi connectivity index (χ4n) is 6.52. The molecular weight excluding hydrogens is 939 g/mol. The van der Waals surface area contributed by atoms with Crippen LogP contribution >= 0.6 is 34.0 Å². The number of fused-ring (bicyclic) bond motifs is 3. The molecule has 16 nitrogen and oxygen atoms in total. The van der Waals surface area contributed by atoms with E-state index in [0.717, 1.165) is 49.9 Å². The SMILES string of the molecule is CCCCn1c(O)c(C#N)c(C)c(N=Nc2nc3ccc(C)cc3s2)c1=O.CCCCn1c(O)c(C#N)c(C)c(N=Nc2nc3ccc(C)cc3s2)c1=O.Cc1ccc2nc(N)sc2c1.[Ni+2]. The van der Waals surface area contributed by atoms with Crippen LogP contribution in [0.1, 0.15) is 78.5 Å². The van der Waals surface area contributed by atoms with E-state index in [1.165, 1.54) is 53.4 Å². The van der Waals surface area contributed by atoms with Crippen molar-refractivity contribution in [2.45, 2.75) is 87.2 Å². The first-order chi connectivity index (χ1) is 31.2. The van der Waals surface area contributed by atoms with Gasteiger partial charge >= 0.3 is 16.5 Å². The van der Waals surface area contributed by atoms with Gasteiger partial charge in [0.05, 0.1) is 30.6 Å². The molecule has 3 aromatic carbocycles. The summed E-state index contributed by atoms with van der Waals surface area (Å²) < 4.78 is 5.52. The summed E-state index contributed by atoms with van der Waals surface area (Å²) in [5.41, 5.74) is 11.6. The molecule has 0 saturated carbocycles. The fourth-order valence-corrected chi connectivity index (χ4v) is 9.12. The van der Waals surface area contributed by atoms with E-state index in [4.69, 9.17) is 5.73 Å². The molecule has 0 spiro atoms. The van der Waals surface area contributed by atoms with Gasteiger partial charge in [0, 0.05) is 24.2 Å². The molecule has 0 saturated heterocycles. The summed E-state index contributed by atoms with van der Waals surface area (Å²) >= 11 is 4.29. The molecule has 0 aliphatic rings. The van der Waals surface area contributed by atoms with E-state index in [1.807, 2.05) is 88.4 Å². The van der Waals surface area contributed by atoms with Crippen LogP contribution in [0.5, 0.6) is 11.8 Å². The zero-order valence-electron chi connectivity index (χ0n) is 37.2. The van der Waals surface area contributed by atoms with E-state index in [-0.39, 0.29) is 50.8 Å². The van der Waals surface area contributed by atoms with Gasteiger partial charge in [-0.2, -0.15) is 10.5 Å². The molecule has 340 valence electrons. The second kappa shape index (κ2) is 22.5. The number of hydrogen-bond acceptors (Lipinski definition) is 17. The summed E-state index contributed by atoms with van der Waals surface area (Å²) in [5.74, 6) is -0.634. The third kappa shape index (κ3) is 11.4. The molecular formula is C46H46N12NiO4S3+2. The van der Waals surface area contributed by atoms with Crippen LogP contribution in [-0.2, 0) is 29.6 Å². The predicted molar refractivity (Wildman–Crippen MR) is 259 cm³/mol. The summed E-state index contributed by atoms with van der Waals surface area (Å²) in [6.45, 7) is 13.8. The molecule has 8 rings (SSSR count). The van der Waals surface area contributed by atoms with Gasteiger partial charge in [0.1, 0.15) is 23.3 Å². The number of aromatic nitrogens is 5. The molecule has 0 bridgehead atoms. The van der Waals surface area contributed by atoms with Crippen LogP contribution in [-0.4, -0.2) is 34.3 Å². The summed E-state index contributed by atoms with van der Waals surface area (Å²) in [6, 6.07) is 21.8. The van der Waals surface area contributed by atoms with Gasteiger partial charge in [-0.3, -0.25) is 18.7 Å². The number of hydrogen-bond donors (Lipinski definition) is 3. The zero-order chi connectivity index (χ0) is 46.9. The third-order valence-corrected chi connectivity index (χ3v) is 12.8. The number of aryl methyl sites for hydroxylation is 3. The molecule has 5 aromatic heterocycles. The maximum Gasteiger partial charge on any atom is 2.00 e. The smallest absolute Gasteiger partial charge is 0.493 e. The topological polar surface area (TPSA) is 246 Å². The number of aromatic hydroxyl groups is 2. The second-order valence-electron chi connectivity index (χ2n) is 15.0. The number of pyridine rings is 2. The zero-order valence-corrected chi connectivity index (χ0v) is 40.6. The van der Waals surface area contributed by atoms with Gasteiger partial charge in [0.15, 0.2) is 16.5 Å². The molecule has 0 aliphatic carbocycles. The number of anilines is 1. The van der Waals surface area contributed by atoms with Crippen molar-refractivity contribution in [2.24, 2.45) is 20.5 Å². The van der Waals surface area contributed by atoms with Gasteiger partial charge < -0.3 is 15.9 Å². The molecule has 8 aromatic rings. The van der Waals surface area contributed by atoms with Crippen molar-refractivity contribution >= 4 is 91.4 Å². The molecule has 0 amide bonds. The Morgan fingerprint density at radius 3 is 1.33 bits per heavy atom. The number of nitrogens with two attached hydrogens (primary N) is 1. The van der Waals surface area contributed by atoms with Crippen LogP contribution < -0.4 is 16.9 Å². The molecule has 0 fully saturated rings. The minimum atomic E-state index is -0.460. The number of benzene rings is 3. The predicted octanol–water partition coefficient (Wildman–Crippen LogP) is 11.9. The summed E-state index contributed by atoms with van der Waals surface area (Å²) in [5, 5.41) is 57.2. The fraction of sp³-hybridized carbons (Fsp3) is 0.283. The van der Waals surface area contributed by atoms with E-state index in [1.54, 1.807) is 13.8 Å². The number of thiazole rings is 3. The van der Waals surface area contributed by atoms with Gasteiger partial charge in [-0.1, -0.05) is 78.9 Å². The monoisotopic (exact) mass is 984 g/mol. The van der Waals surface area contributed by atoms with E-state index in [9.17, 15) is 30.3 Å². The van der Waals surface area contributed by atoms with E-state index >= 15 is 0 Å². The number of nitrogen functional groups attached to an aromatic ring is 1. The molecule has 0 radical (unpaired) electrons. The first-order valence-corrected chi connectivity index (χ1v) is 23.1. The Labute approximate surface area is 402 Å². The van der Waals surface area contributed by atoms with Crippen molar-refractivity contribution in [2.75, 3.05) is 5.73 Å². The minimum absolute atomic E-state index is 0. The van der Waals surface area contributed by atoms with Crippen molar-refractivity contribution in [1.29, 1.82) is 10.5 Å². The molecule has 4 N–H and O–H groups in total. The van der Waals surface area contributed by atoms with Crippen molar-refractivity contribution in [3.8, 4) is 23.9 Å². The first-order valence-electron chi connectivity index (χ1n) is 20.6. The molecule has 5 heterocycles.